The number of rotatable bonds is 5. The Labute approximate surface area is 110 Å². The summed E-state index contributed by atoms with van der Waals surface area (Å²) in [6.45, 7) is 2.46. The summed E-state index contributed by atoms with van der Waals surface area (Å²) in [7, 11) is 0. The van der Waals surface area contributed by atoms with Crippen molar-refractivity contribution < 1.29 is 9.53 Å². The first kappa shape index (κ1) is 12.5. The Bertz CT molecular complexity index is 529. The number of allylic oxidation sites excluding steroid dienone is 1. The second-order valence-electron chi connectivity index (χ2n) is 3.53. The standard InChI is InChI=1S/C14H13NO2S/c1-2-17-14-8-5-11(10-15-14)13(16)7-6-12-4-3-9-18-12/h3-10H,2H2,1H3/b7-6+. The lowest BCUT2D eigenvalue weighted by atomic mass is 10.2. The number of thiophene rings is 1. The molecule has 0 saturated carbocycles. The van der Waals surface area contributed by atoms with Gasteiger partial charge in [0.25, 0.3) is 0 Å². The van der Waals surface area contributed by atoms with Crippen LogP contribution in [0.4, 0.5) is 0 Å². The molecule has 0 bridgehead atoms. The second kappa shape index (κ2) is 6.12. The Morgan fingerprint density at radius 1 is 1.44 bits per heavy atom. The Morgan fingerprint density at radius 2 is 2.33 bits per heavy atom. The van der Waals surface area contributed by atoms with E-state index in [1.54, 1.807) is 29.5 Å². The zero-order valence-electron chi connectivity index (χ0n) is 10.00. The van der Waals surface area contributed by atoms with Gasteiger partial charge in [-0.1, -0.05) is 6.07 Å². The first-order valence-electron chi connectivity index (χ1n) is 5.64. The van der Waals surface area contributed by atoms with Crippen LogP contribution in [-0.4, -0.2) is 17.4 Å². The van der Waals surface area contributed by atoms with E-state index in [-0.39, 0.29) is 5.78 Å². The van der Waals surface area contributed by atoms with Gasteiger partial charge in [0.2, 0.25) is 5.88 Å². The van der Waals surface area contributed by atoms with Crippen LogP contribution < -0.4 is 4.74 Å². The van der Waals surface area contributed by atoms with Crippen LogP contribution in [0.2, 0.25) is 0 Å². The maximum atomic E-state index is 11.8. The minimum atomic E-state index is -0.0565. The molecule has 0 fully saturated rings. The zero-order chi connectivity index (χ0) is 12.8. The Balaban J connectivity index is 2.04. The van der Waals surface area contributed by atoms with Gasteiger partial charge < -0.3 is 4.74 Å². The van der Waals surface area contributed by atoms with Gasteiger partial charge in [0.1, 0.15) is 0 Å². The molecule has 0 saturated heterocycles. The maximum Gasteiger partial charge on any atom is 0.213 e. The van der Waals surface area contributed by atoms with Gasteiger partial charge in [-0.25, -0.2) is 4.98 Å². The third kappa shape index (κ3) is 3.28. The highest BCUT2D eigenvalue weighted by Gasteiger charge is 2.03. The van der Waals surface area contributed by atoms with Gasteiger partial charge >= 0.3 is 0 Å². The average molecular weight is 259 g/mol. The predicted octanol–water partition coefficient (Wildman–Crippen LogP) is 3.44. The van der Waals surface area contributed by atoms with Gasteiger partial charge in [-0.15, -0.1) is 11.3 Å². The number of ketones is 1. The van der Waals surface area contributed by atoms with E-state index in [0.29, 0.717) is 18.1 Å². The fourth-order valence-corrected chi connectivity index (χ4v) is 2.02. The molecule has 0 unspecified atom stereocenters. The molecular weight excluding hydrogens is 246 g/mol. The van der Waals surface area contributed by atoms with Crippen LogP contribution in [0, 0.1) is 0 Å². The molecule has 2 aromatic rings. The summed E-state index contributed by atoms with van der Waals surface area (Å²) in [5.74, 6) is 0.482. The monoisotopic (exact) mass is 259 g/mol. The van der Waals surface area contributed by atoms with E-state index >= 15 is 0 Å². The molecule has 92 valence electrons. The van der Waals surface area contributed by atoms with E-state index in [0.717, 1.165) is 4.88 Å². The third-order valence-electron chi connectivity index (χ3n) is 2.26. The van der Waals surface area contributed by atoms with Crippen molar-refractivity contribution in [1.29, 1.82) is 0 Å². The molecule has 18 heavy (non-hydrogen) atoms. The minimum absolute atomic E-state index is 0.0565. The van der Waals surface area contributed by atoms with Gasteiger partial charge in [-0.2, -0.15) is 0 Å². The fourth-order valence-electron chi connectivity index (χ4n) is 1.40. The van der Waals surface area contributed by atoms with E-state index in [2.05, 4.69) is 4.98 Å². The highest BCUT2D eigenvalue weighted by Crippen LogP contribution is 2.12. The molecule has 0 N–H and O–H groups in total. The maximum absolute atomic E-state index is 11.8. The molecule has 0 spiro atoms. The number of ether oxygens (including phenoxy) is 1. The summed E-state index contributed by atoms with van der Waals surface area (Å²) in [6, 6.07) is 7.34. The van der Waals surface area contributed by atoms with Crippen molar-refractivity contribution in [3.63, 3.8) is 0 Å². The quantitative estimate of drug-likeness (QED) is 0.610. The van der Waals surface area contributed by atoms with Crippen molar-refractivity contribution in [2.24, 2.45) is 0 Å². The Kier molecular flexibility index (Phi) is 4.25. The highest BCUT2D eigenvalue weighted by atomic mass is 32.1. The predicted molar refractivity (Wildman–Crippen MR) is 73.1 cm³/mol. The fraction of sp³-hybridized carbons (Fsp3) is 0.143. The smallest absolute Gasteiger partial charge is 0.213 e. The van der Waals surface area contributed by atoms with Gasteiger partial charge in [-0.3, -0.25) is 4.79 Å². The van der Waals surface area contributed by atoms with E-state index in [1.807, 2.05) is 30.5 Å². The van der Waals surface area contributed by atoms with E-state index in [4.69, 9.17) is 4.74 Å². The van der Waals surface area contributed by atoms with Crippen molar-refractivity contribution in [2.45, 2.75) is 6.92 Å². The van der Waals surface area contributed by atoms with Gasteiger partial charge in [0, 0.05) is 22.7 Å². The zero-order valence-corrected chi connectivity index (χ0v) is 10.8. The molecule has 4 heteroatoms. The van der Waals surface area contributed by atoms with Crippen molar-refractivity contribution in [3.8, 4) is 5.88 Å². The second-order valence-corrected chi connectivity index (χ2v) is 4.51. The van der Waals surface area contributed by atoms with Crippen molar-refractivity contribution in [3.05, 3.63) is 52.4 Å². The van der Waals surface area contributed by atoms with Crippen LogP contribution in [0.25, 0.3) is 6.08 Å². The summed E-state index contributed by atoms with van der Waals surface area (Å²) in [5.41, 5.74) is 0.561. The SMILES string of the molecule is CCOc1ccc(C(=O)/C=C/c2cccs2)cn1. The first-order chi connectivity index (χ1) is 8.79. The van der Waals surface area contributed by atoms with Crippen LogP contribution >= 0.6 is 11.3 Å². The molecule has 0 radical (unpaired) electrons. The number of hydrogen-bond donors (Lipinski definition) is 0. The highest BCUT2D eigenvalue weighted by molar-refractivity contribution is 7.10. The molecule has 0 aromatic carbocycles. The number of aromatic nitrogens is 1. The molecular formula is C14H13NO2S. The topological polar surface area (TPSA) is 39.2 Å². The number of pyridine rings is 1. The number of carbonyl (C=O) groups excluding carboxylic acids is 1. The lowest BCUT2D eigenvalue weighted by Crippen LogP contribution is -1.98. The molecule has 2 aromatic heterocycles. The van der Waals surface area contributed by atoms with Crippen LogP contribution in [0.5, 0.6) is 5.88 Å². The summed E-state index contributed by atoms with van der Waals surface area (Å²) in [6.07, 6.45) is 4.90. The summed E-state index contributed by atoms with van der Waals surface area (Å²) in [5, 5.41) is 1.97. The molecule has 0 aliphatic rings. The van der Waals surface area contributed by atoms with Gasteiger partial charge in [0.05, 0.1) is 6.61 Å². The van der Waals surface area contributed by atoms with Gasteiger partial charge in [-0.05, 0) is 36.6 Å². The number of carbonyl (C=O) groups is 1. The minimum Gasteiger partial charge on any atom is -0.478 e. The van der Waals surface area contributed by atoms with Crippen molar-refractivity contribution >= 4 is 23.2 Å². The van der Waals surface area contributed by atoms with E-state index in [9.17, 15) is 4.79 Å². The molecule has 0 aliphatic carbocycles. The van der Waals surface area contributed by atoms with Crippen LogP contribution in [0.3, 0.4) is 0 Å². The first-order valence-corrected chi connectivity index (χ1v) is 6.52. The number of nitrogens with zero attached hydrogens (tertiary/aromatic N) is 1. The molecule has 2 heterocycles. The number of hydrogen-bond acceptors (Lipinski definition) is 4. The Hall–Kier alpha value is -1.94. The van der Waals surface area contributed by atoms with Gasteiger partial charge in [0.15, 0.2) is 5.78 Å². The summed E-state index contributed by atoms with van der Waals surface area (Å²) in [4.78, 5) is 17.0. The van der Waals surface area contributed by atoms with Crippen molar-refractivity contribution in [1.82, 2.24) is 4.98 Å². The summed E-state index contributed by atoms with van der Waals surface area (Å²) >= 11 is 1.59. The van der Waals surface area contributed by atoms with E-state index in [1.165, 1.54) is 6.20 Å². The van der Waals surface area contributed by atoms with Crippen LogP contribution in [0.1, 0.15) is 22.2 Å². The molecule has 0 aliphatic heterocycles. The molecule has 0 amide bonds. The van der Waals surface area contributed by atoms with Crippen molar-refractivity contribution in [2.75, 3.05) is 6.61 Å². The lowest BCUT2D eigenvalue weighted by Gasteiger charge is -2.01. The molecule has 3 nitrogen and oxygen atoms in total. The largest absolute Gasteiger partial charge is 0.478 e. The van der Waals surface area contributed by atoms with Crippen LogP contribution in [-0.2, 0) is 0 Å². The summed E-state index contributed by atoms with van der Waals surface area (Å²) < 4.78 is 5.22. The molecule has 2 rings (SSSR count). The third-order valence-corrected chi connectivity index (χ3v) is 3.09. The van der Waals surface area contributed by atoms with E-state index < -0.39 is 0 Å². The average Bonchev–Trinajstić information content (AvgIpc) is 2.90. The lowest BCUT2D eigenvalue weighted by molar-refractivity contribution is 0.104. The normalized spacial score (nSPS) is 10.7. The Morgan fingerprint density at radius 3 is 2.94 bits per heavy atom. The molecule has 0 atom stereocenters. The van der Waals surface area contributed by atoms with Crippen LogP contribution in [0.15, 0.2) is 41.9 Å².